The highest BCUT2D eigenvalue weighted by atomic mass is 16.3. The van der Waals surface area contributed by atoms with Gasteiger partial charge in [0.1, 0.15) is 5.75 Å². The van der Waals surface area contributed by atoms with Crippen molar-refractivity contribution in [1.82, 2.24) is 10.2 Å². The number of benzene rings is 2. The second kappa shape index (κ2) is 7.60. The van der Waals surface area contributed by atoms with Gasteiger partial charge >= 0.3 is 0 Å². The maximum Gasteiger partial charge on any atom is 0.255 e. The Kier molecular flexibility index (Phi) is 5.26. The van der Waals surface area contributed by atoms with Gasteiger partial charge in [-0.25, -0.2) is 0 Å². The van der Waals surface area contributed by atoms with Crippen LogP contribution < -0.4 is 5.32 Å². The van der Waals surface area contributed by atoms with E-state index in [4.69, 9.17) is 0 Å². The summed E-state index contributed by atoms with van der Waals surface area (Å²) in [4.78, 5) is 26.4. The average Bonchev–Trinajstić information content (AvgIpc) is 2.94. The first-order valence-electron chi connectivity index (χ1n) is 8.83. The molecular weight excluding hydrogens is 328 g/mol. The fourth-order valence-corrected chi connectivity index (χ4v) is 3.34. The van der Waals surface area contributed by atoms with Crippen LogP contribution in [0.1, 0.15) is 33.5 Å². The second-order valence-electron chi connectivity index (χ2n) is 7.06. The lowest BCUT2D eigenvalue weighted by atomic mass is 10.1. The van der Waals surface area contributed by atoms with Gasteiger partial charge < -0.3 is 15.3 Å². The topological polar surface area (TPSA) is 69.6 Å². The van der Waals surface area contributed by atoms with Gasteiger partial charge in [-0.3, -0.25) is 9.59 Å². The summed E-state index contributed by atoms with van der Waals surface area (Å²) in [6.07, 6.45) is 0.436. The fraction of sp³-hybridized carbons (Fsp3) is 0.333. The minimum atomic E-state index is -0.309. The molecule has 0 spiro atoms. The predicted octanol–water partition coefficient (Wildman–Crippen LogP) is 2.79. The molecule has 3 rings (SSSR count). The quantitative estimate of drug-likeness (QED) is 0.869. The molecule has 1 saturated heterocycles. The fourth-order valence-electron chi connectivity index (χ4n) is 3.34. The van der Waals surface area contributed by atoms with Gasteiger partial charge in [0, 0.05) is 32.0 Å². The molecule has 1 aliphatic heterocycles. The number of amides is 2. The monoisotopic (exact) mass is 352 g/mol. The van der Waals surface area contributed by atoms with Crippen molar-refractivity contribution in [1.29, 1.82) is 0 Å². The Morgan fingerprint density at radius 1 is 1.19 bits per heavy atom. The number of carbonyl (C=O) groups excluding carboxylic acids is 2. The molecular formula is C21H24N2O3. The van der Waals surface area contributed by atoms with Crippen molar-refractivity contribution in [3.63, 3.8) is 0 Å². The Morgan fingerprint density at radius 2 is 1.96 bits per heavy atom. The van der Waals surface area contributed by atoms with Gasteiger partial charge in [0.15, 0.2) is 0 Å². The lowest BCUT2D eigenvalue weighted by Gasteiger charge is -2.17. The zero-order valence-corrected chi connectivity index (χ0v) is 15.2. The highest BCUT2D eigenvalue weighted by Crippen LogP contribution is 2.21. The molecule has 1 aliphatic rings. The van der Waals surface area contributed by atoms with Crippen LogP contribution in [0.4, 0.5) is 0 Å². The van der Waals surface area contributed by atoms with Gasteiger partial charge in [0.05, 0.1) is 5.56 Å². The van der Waals surface area contributed by atoms with Gasteiger partial charge in [0.2, 0.25) is 5.91 Å². The number of rotatable bonds is 5. The highest BCUT2D eigenvalue weighted by Gasteiger charge is 2.29. The predicted molar refractivity (Wildman–Crippen MR) is 99.9 cm³/mol. The minimum Gasteiger partial charge on any atom is -0.507 e. The summed E-state index contributed by atoms with van der Waals surface area (Å²) in [6, 6.07) is 13.1. The molecule has 0 unspecified atom stereocenters. The first kappa shape index (κ1) is 18.0. The molecule has 26 heavy (non-hydrogen) atoms. The third-order valence-corrected chi connectivity index (χ3v) is 4.70. The summed E-state index contributed by atoms with van der Waals surface area (Å²) < 4.78 is 0. The number of phenolic OH excluding ortho intramolecular Hbond substituents is 1. The number of nitrogens with zero attached hydrogens (tertiary/aromatic N) is 1. The molecule has 1 heterocycles. The van der Waals surface area contributed by atoms with Crippen LogP contribution in [0.3, 0.4) is 0 Å². The number of aryl methyl sites for hydroxylation is 2. The van der Waals surface area contributed by atoms with Gasteiger partial charge in [-0.15, -0.1) is 0 Å². The Balaban J connectivity index is 1.56. The molecule has 0 bridgehead atoms. The number of hydrogen-bond donors (Lipinski definition) is 2. The van der Waals surface area contributed by atoms with E-state index in [0.717, 1.165) is 11.1 Å². The number of likely N-dealkylation sites (tertiary alicyclic amines) is 1. The van der Waals surface area contributed by atoms with Crippen molar-refractivity contribution < 1.29 is 14.7 Å². The lowest BCUT2D eigenvalue weighted by molar-refractivity contribution is -0.128. The Hall–Kier alpha value is -2.82. The Morgan fingerprint density at radius 3 is 2.73 bits per heavy atom. The van der Waals surface area contributed by atoms with Crippen LogP contribution in [-0.4, -0.2) is 34.9 Å². The summed E-state index contributed by atoms with van der Waals surface area (Å²) in [5.74, 6) is -0.139. The zero-order chi connectivity index (χ0) is 18.7. The number of carbonyl (C=O) groups is 2. The molecule has 0 saturated carbocycles. The first-order chi connectivity index (χ1) is 12.4. The zero-order valence-electron chi connectivity index (χ0n) is 15.2. The SMILES string of the molecule is Cc1cccc(CN2C[C@H](CNC(=O)c3cc(C)ccc3O)CC2=O)c1. The van der Waals surface area contributed by atoms with Gasteiger partial charge in [0.25, 0.3) is 5.91 Å². The second-order valence-corrected chi connectivity index (χ2v) is 7.06. The normalized spacial score (nSPS) is 16.8. The molecule has 2 amide bonds. The summed E-state index contributed by atoms with van der Waals surface area (Å²) in [5, 5.41) is 12.7. The van der Waals surface area contributed by atoms with Crippen LogP contribution in [0.15, 0.2) is 42.5 Å². The largest absolute Gasteiger partial charge is 0.507 e. The third kappa shape index (κ3) is 4.23. The first-order valence-corrected chi connectivity index (χ1v) is 8.83. The summed E-state index contributed by atoms with van der Waals surface area (Å²) in [5.41, 5.74) is 3.47. The van der Waals surface area contributed by atoms with E-state index >= 15 is 0 Å². The van der Waals surface area contributed by atoms with Crippen LogP contribution in [0.5, 0.6) is 5.75 Å². The van der Waals surface area contributed by atoms with Crippen LogP contribution in [0.2, 0.25) is 0 Å². The minimum absolute atomic E-state index is 0.0309. The molecule has 0 aliphatic carbocycles. The lowest BCUT2D eigenvalue weighted by Crippen LogP contribution is -2.31. The molecule has 5 nitrogen and oxygen atoms in total. The van der Waals surface area contributed by atoms with Crippen molar-refractivity contribution in [2.24, 2.45) is 5.92 Å². The van der Waals surface area contributed by atoms with Crippen molar-refractivity contribution in [3.8, 4) is 5.75 Å². The molecule has 5 heteroatoms. The molecule has 2 aromatic rings. The van der Waals surface area contributed by atoms with E-state index in [1.165, 1.54) is 11.6 Å². The molecule has 1 fully saturated rings. The smallest absolute Gasteiger partial charge is 0.255 e. The molecule has 0 radical (unpaired) electrons. The highest BCUT2D eigenvalue weighted by molar-refractivity contribution is 5.97. The Bertz CT molecular complexity index is 832. The van der Waals surface area contributed by atoms with Crippen molar-refractivity contribution in [2.75, 3.05) is 13.1 Å². The van der Waals surface area contributed by atoms with Gasteiger partial charge in [-0.1, -0.05) is 41.5 Å². The molecule has 136 valence electrons. The average molecular weight is 352 g/mol. The van der Waals surface area contributed by atoms with Gasteiger partial charge in [-0.05, 0) is 31.5 Å². The molecule has 2 aromatic carbocycles. The standard InChI is InChI=1S/C21H24N2O3/c1-14-4-3-5-16(8-14)12-23-13-17(10-20(23)25)11-22-21(26)18-9-15(2)6-7-19(18)24/h3-9,17,24H,10-13H2,1-2H3,(H,22,26)/t17-/m0/s1. The number of phenols is 1. The maximum atomic E-state index is 12.3. The number of nitrogens with one attached hydrogen (secondary N) is 1. The van der Waals surface area contributed by atoms with Crippen LogP contribution >= 0.6 is 0 Å². The summed E-state index contributed by atoms with van der Waals surface area (Å²) in [6.45, 7) is 5.56. The summed E-state index contributed by atoms with van der Waals surface area (Å²) in [7, 11) is 0. The van der Waals surface area contributed by atoms with Crippen molar-refractivity contribution >= 4 is 11.8 Å². The Labute approximate surface area is 153 Å². The number of aromatic hydroxyl groups is 1. The van der Waals surface area contributed by atoms with E-state index in [0.29, 0.717) is 26.1 Å². The molecule has 2 N–H and O–H groups in total. The van der Waals surface area contributed by atoms with Crippen LogP contribution in [0.25, 0.3) is 0 Å². The van der Waals surface area contributed by atoms with E-state index in [2.05, 4.69) is 11.4 Å². The van der Waals surface area contributed by atoms with E-state index in [-0.39, 0.29) is 29.0 Å². The molecule has 0 aromatic heterocycles. The third-order valence-electron chi connectivity index (χ3n) is 4.70. The van der Waals surface area contributed by atoms with E-state index in [1.54, 1.807) is 12.1 Å². The van der Waals surface area contributed by atoms with E-state index in [1.807, 2.05) is 36.9 Å². The van der Waals surface area contributed by atoms with E-state index < -0.39 is 0 Å². The van der Waals surface area contributed by atoms with Gasteiger partial charge in [-0.2, -0.15) is 0 Å². The maximum absolute atomic E-state index is 12.3. The van der Waals surface area contributed by atoms with Crippen molar-refractivity contribution in [3.05, 3.63) is 64.7 Å². The van der Waals surface area contributed by atoms with E-state index in [9.17, 15) is 14.7 Å². The van der Waals surface area contributed by atoms with Crippen LogP contribution in [-0.2, 0) is 11.3 Å². The number of hydrogen-bond acceptors (Lipinski definition) is 3. The van der Waals surface area contributed by atoms with Crippen molar-refractivity contribution in [2.45, 2.75) is 26.8 Å². The summed E-state index contributed by atoms with van der Waals surface area (Å²) >= 11 is 0. The molecule has 1 atom stereocenters. The van der Waals surface area contributed by atoms with Crippen LogP contribution in [0, 0.1) is 19.8 Å².